The number of hydrazine groups is 1. The Morgan fingerprint density at radius 2 is 1.65 bits per heavy atom. The lowest BCUT2D eigenvalue weighted by Crippen LogP contribution is -2.53. The number of sulfonamides is 1. The van der Waals surface area contributed by atoms with Crippen molar-refractivity contribution in [1.82, 2.24) is 20.1 Å². The first kappa shape index (κ1) is 24.0. The Morgan fingerprint density at radius 3 is 2.26 bits per heavy atom. The molecule has 2 aliphatic heterocycles. The van der Waals surface area contributed by atoms with Gasteiger partial charge < -0.3 is 4.74 Å². The predicted octanol–water partition coefficient (Wildman–Crippen LogP) is -0.192. The lowest BCUT2D eigenvalue weighted by molar-refractivity contribution is -0.147. The molecule has 182 valence electrons. The number of fused-ring (bicyclic) bond motifs is 1. The maximum Gasteiger partial charge on any atom is 0.269 e. The molecule has 34 heavy (non-hydrogen) atoms. The molecule has 1 aromatic rings. The Balaban J connectivity index is 1.39. The van der Waals surface area contributed by atoms with Crippen LogP contribution in [0.25, 0.3) is 0 Å². The molecule has 0 aromatic heterocycles. The van der Waals surface area contributed by atoms with Crippen molar-refractivity contribution in [3.05, 3.63) is 42.0 Å². The van der Waals surface area contributed by atoms with Crippen molar-refractivity contribution < 1.29 is 32.3 Å². The van der Waals surface area contributed by atoms with E-state index in [0.29, 0.717) is 26.1 Å². The van der Waals surface area contributed by atoms with E-state index in [2.05, 4.69) is 10.9 Å². The summed E-state index contributed by atoms with van der Waals surface area (Å²) >= 11 is 0. The smallest absolute Gasteiger partial charge is 0.269 e. The van der Waals surface area contributed by atoms with Crippen LogP contribution in [0.1, 0.15) is 30.1 Å². The minimum absolute atomic E-state index is 0.0210. The topological polar surface area (TPSA) is 142 Å². The highest BCUT2D eigenvalue weighted by Gasteiger charge is 2.50. The molecule has 2 saturated heterocycles. The summed E-state index contributed by atoms with van der Waals surface area (Å²) in [5.74, 6) is -3.18. The molecular formula is C22H26N4O7S. The van der Waals surface area contributed by atoms with Gasteiger partial charge in [0.25, 0.3) is 11.8 Å². The predicted molar refractivity (Wildman–Crippen MR) is 118 cm³/mol. The Hall–Kier alpha value is -3.09. The van der Waals surface area contributed by atoms with E-state index in [9.17, 15) is 27.6 Å². The van der Waals surface area contributed by atoms with Crippen LogP contribution in [0, 0.1) is 11.8 Å². The van der Waals surface area contributed by atoms with E-state index in [1.165, 1.54) is 35.5 Å². The monoisotopic (exact) mass is 490 g/mol. The van der Waals surface area contributed by atoms with Gasteiger partial charge >= 0.3 is 0 Å². The molecule has 2 unspecified atom stereocenters. The van der Waals surface area contributed by atoms with Crippen LogP contribution in [0.3, 0.4) is 0 Å². The van der Waals surface area contributed by atoms with Crippen LogP contribution in [-0.2, 0) is 29.1 Å². The van der Waals surface area contributed by atoms with E-state index in [0.717, 1.165) is 4.90 Å². The van der Waals surface area contributed by atoms with Crippen LogP contribution in [-0.4, -0.2) is 73.6 Å². The number of amides is 4. The van der Waals surface area contributed by atoms with Gasteiger partial charge in [0.2, 0.25) is 21.8 Å². The molecule has 0 saturated carbocycles. The third kappa shape index (κ3) is 4.48. The number of likely N-dealkylation sites (tertiary alicyclic amines) is 1. The van der Waals surface area contributed by atoms with Gasteiger partial charge in [-0.25, -0.2) is 8.42 Å². The van der Waals surface area contributed by atoms with Crippen molar-refractivity contribution in [3.8, 4) is 0 Å². The second-order valence-electron chi connectivity index (χ2n) is 8.37. The van der Waals surface area contributed by atoms with Gasteiger partial charge in [0.05, 0.1) is 29.9 Å². The fourth-order valence-corrected chi connectivity index (χ4v) is 5.81. The van der Waals surface area contributed by atoms with Crippen LogP contribution >= 0.6 is 0 Å². The summed E-state index contributed by atoms with van der Waals surface area (Å²) in [4.78, 5) is 51.4. The van der Waals surface area contributed by atoms with Crippen molar-refractivity contribution in [2.75, 3.05) is 26.3 Å². The molecule has 4 amide bonds. The van der Waals surface area contributed by atoms with Crippen molar-refractivity contribution in [2.45, 2.75) is 30.7 Å². The molecule has 0 bridgehead atoms. The van der Waals surface area contributed by atoms with Crippen LogP contribution in [0.4, 0.5) is 0 Å². The molecule has 1 aromatic carbocycles. The molecule has 0 spiro atoms. The summed E-state index contributed by atoms with van der Waals surface area (Å²) < 4.78 is 32.1. The van der Waals surface area contributed by atoms with E-state index in [1.807, 2.05) is 12.2 Å². The standard InChI is InChI=1S/C22H26N4O7S/c1-14(26-21(29)17-7-2-3-8-18(17)22(26)30)19(27)23-24-20(28)15-5-4-6-16(13-15)34(31,32)25-9-11-33-12-10-25/h2-6,13-14,17-18H,7-12H2,1H3,(H,23,27)(H,24,28)/t14-,17?,18?/m0/s1. The van der Waals surface area contributed by atoms with E-state index >= 15 is 0 Å². The zero-order valence-electron chi connectivity index (χ0n) is 18.6. The molecular weight excluding hydrogens is 464 g/mol. The molecule has 12 heteroatoms. The molecule has 2 fully saturated rings. The molecule has 3 atom stereocenters. The SMILES string of the molecule is C[C@@H](C(=O)NNC(=O)c1cccc(S(=O)(=O)N2CCOCC2)c1)N1C(=O)C2CC=CCC2C1=O. The number of rotatable bonds is 5. The second-order valence-corrected chi connectivity index (χ2v) is 10.3. The number of benzene rings is 1. The Bertz CT molecular complexity index is 1120. The van der Waals surface area contributed by atoms with Crippen molar-refractivity contribution in [2.24, 2.45) is 11.8 Å². The molecule has 4 rings (SSSR count). The van der Waals surface area contributed by atoms with E-state index in [1.54, 1.807) is 0 Å². The number of nitrogens with zero attached hydrogens (tertiary/aromatic N) is 2. The van der Waals surface area contributed by atoms with Crippen molar-refractivity contribution in [3.63, 3.8) is 0 Å². The van der Waals surface area contributed by atoms with E-state index in [4.69, 9.17) is 4.74 Å². The minimum atomic E-state index is -3.80. The Labute approximate surface area is 197 Å². The largest absolute Gasteiger partial charge is 0.379 e. The summed E-state index contributed by atoms with van der Waals surface area (Å²) in [5.41, 5.74) is 4.47. The number of morpholine rings is 1. The lowest BCUT2D eigenvalue weighted by atomic mass is 9.85. The number of ether oxygens (including phenoxy) is 1. The first-order chi connectivity index (χ1) is 16.2. The molecule has 2 N–H and O–H groups in total. The Morgan fingerprint density at radius 1 is 1.03 bits per heavy atom. The van der Waals surface area contributed by atoms with Gasteiger partial charge in [0, 0.05) is 18.7 Å². The van der Waals surface area contributed by atoms with Crippen molar-refractivity contribution in [1.29, 1.82) is 0 Å². The first-order valence-electron chi connectivity index (χ1n) is 11.0. The number of nitrogens with one attached hydrogen (secondary N) is 2. The van der Waals surface area contributed by atoms with Gasteiger partial charge in [0.1, 0.15) is 6.04 Å². The van der Waals surface area contributed by atoms with Gasteiger partial charge in [-0.3, -0.25) is 34.9 Å². The fraction of sp³-hybridized carbons (Fsp3) is 0.455. The maximum atomic E-state index is 12.8. The normalized spacial score (nSPS) is 24.0. The maximum absolute atomic E-state index is 12.8. The van der Waals surface area contributed by atoms with Crippen LogP contribution < -0.4 is 10.9 Å². The summed E-state index contributed by atoms with van der Waals surface area (Å²) in [6.45, 7) is 2.45. The third-order valence-corrected chi connectivity index (χ3v) is 8.21. The van der Waals surface area contributed by atoms with E-state index < -0.39 is 51.5 Å². The number of carbonyl (C=O) groups excluding carboxylic acids is 4. The zero-order chi connectivity index (χ0) is 24.5. The quantitative estimate of drug-likeness (QED) is 0.331. The minimum Gasteiger partial charge on any atom is -0.379 e. The van der Waals surface area contributed by atoms with Gasteiger partial charge in [-0.1, -0.05) is 18.2 Å². The molecule has 11 nitrogen and oxygen atoms in total. The average molecular weight is 491 g/mol. The lowest BCUT2D eigenvalue weighted by Gasteiger charge is -2.26. The zero-order valence-corrected chi connectivity index (χ0v) is 19.4. The summed E-state index contributed by atoms with van der Waals surface area (Å²) in [7, 11) is -3.80. The summed E-state index contributed by atoms with van der Waals surface area (Å²) in [6.07, 6.45) is 4.63. The third-order valence-electron chi connectivity index (χ3n) is 6.31. The number of carbonyl (C=O) groups is 4. The van der Waals surface area contributed by atoms with Crippen LogP contribution in [0.15, 0.2) is 41.3 Å². The van der Waals surface area contributed by atoms with Crippen LogP contribution in [0.2, 0.25) is 0 Å². The molecule has 0 radical (unpaired) electrons. The molecule has 1 aliphatic carbocycles. The number of hydrogen-bond acceptors (Lipinski definition) is 7. The first-order valence-corrected chi connectivity index (χ1v) is 12.5. The van der Waals surface area contributed by atoms with Crippen LogP contribution in [0.5, 0.6) is 0 Å². The van der Waals surface area contributed by atoms with Gasteiger partial charge in [-0.05, 0) is 38.0 Å². The highest BCUT2D eigenvalue weighted by Crippen LogP contribution is 2.36. The fourth-order valence-electron chi connectivity index (χ4n) is 4.35. The number of imide groups is 1. The highest BCUT2D eigenvalue weighted by atomic mass is 32.2. The van der Waals surface area contributed by atoms with Crippen molar-refractivity contribution >= 4 is 33.7 Å². The molecule has 3 aliphatic rings. The average Bonchev–Trinajstić information content (AvgIpc) is 3.12. The highest BCUT2D eigenvalue weighted by molar-refractivity contribution is 7.89. The van der Waals surface area contributed by atoms with Gasteiger partial charge in [-0.15, -0.1) is 0 Å². The molecule has 2 heterocycles. The number of hydrogen-bond donors (Lipinski definition) is 2. The Kier molecular flexibility index (Phi) is 6.82. The van der Waals surface area contributed by atoms with E-state index in [-0.39, 0.29) is 23.5 Å². The summed E-state index contributed by atoms with van der Waals surface area (Å²) in [6, 6.07) is 4.35. The second kappa shape index (κ2) is 9.65. The number of allylic oxidation sites excluding steroid dienone is 2. The van der Waals surface area contributed by atoms with Gasteiger partial charge in [0.15, 0.2) is 0 Å². The van der Waals surface area contributed by atoms with Gasteiger partial charge in [-0.2, -0.15) is 4.31 Å². The summed E-state index contributed by atoms with van der Waals surface area (Å²) in [5, 5.41) is 0.